The molecule has 0 unspecified atom stereocenters. The number of likely N-dealkylation sites (N-methyl/N-ethyl adjacent to an activating group) is 1. The van der Waals surface area contributed by atoms with E-state index in [1.165, 1.54) is 12.8 Å². The molecule has 18 heavy (non-hydrogen) atoms. The average Bonchev–Trinajstić information content (AvgIpc) is 3.11. The van der Waals surface area contributed by atoms with Crippen molar-refractivity contribution in [3.8, 4) is 0 Å². The second-order valence-electron chi connectivity index (χ2n) is 4.94. The number of hydrogen-bond acceptors (Lipinski definition) is 3. The standard InChI is InChI=1S/C13H17ClN4/c1-17(9-5-6-9)7-8-18-12-10(14)3-2-4-11(12)16-13(18)15/h2-4,9H,5-8H2,1H3,(H2,15,16). The van der Waals surface area contributed by atoms with Crippen molar-refractivity contribution in [3.05, 3.63) is 23.2 Å². The van der Waals surface area contributed by atoms with Gasteiger partial charge >= 0.3 is 0 Å². The first-order valence-corrected chi connectivity index (χ1v) is 6.65. The predicted molar refractivity (Wildman–Crippen MR) is 74.8 cm³/mol. The largest absolute Gasteiger partial charge is 0.369 e. The van der Waals surface area contributed by atoms with Gasteiger partial charge in [-0.05, 0) is 32.0 Å². The fraction of sp³-hybridized carbons (Fsp3) is 0.462. The third kappa shape index (κ3) is 2.06. The number of imidazole rings is 1. The normalized spacial score (nSPS) is 15.7. The van der Waals surface area contributed by atoms with Gasteiger partial charge in [-0.3, -0.25) is 0 Å². The average molecular weight is 265 g/mol. The van der Waals surface area contributed by atoms with E-state index in [2.05, 4.69) is 16.9 Å². The highest BCUT2D eigenvalue weighted by atomic mass is 35.5. The van der Waals surface area contributed by atoms with Gasteiger partial charge in [-0.25, -0.2) is 4.98 Å². The van der Waals surface area contributed by atoms with Crippen molar-refractivity contribution in [2.45, 2.75) is 25.4 Å². The molecule has 1 heterocycles. The maximum atomic E-state index is 6.24. The molecule has 0 aliphatic heterocycles. The smallest absolute Gasteiger partial charge is 0.201 e. The summed E-state index contributed by atoms with van der Waals surface area (Å²) in [4.78, 5) is 6.73. The lowest BCUT2D eigenvalue weighted by Gasteiger charge is -2.16. The van der Waals surface area contributed by atoms with Gasteiger partial charge in [0.2, 0.25) is 5.95 Å². The Morgan fingerprint density at radius 3 is 3.00 bits per heavy atom. The van der Waals surface area contributed by atoms with Crippen molar-refractivity contribution >= 4 is 28.6 Å². The van der Waals surface area contributed by atoms with E-state index < -0.39 is 0 Å². The summed E-state index contributed by atoms with van der Waals surface area (Å²) >= 11 is 6.24. The van der Waals surface area contributed by atoms with Crippen LogP contribution in [0.1, 0.15) is 12.8 Å². The van der Waals surface area contributed by atoms with Crippen LogP contribution in [-0.4, -0.2) is 34.1 Å². The third-order valence-electron chi connectivity index (χ3n) is 3.59. The quantitative estimate of drug-likeness (QED) is 0.922. The van der Waals surface area contributed by atoms with Crippen LogP contribution >= 0.6 is 11.6 Å². The molecule has 1 aromatic heterocycles. The van der Waals surface area contributed by atoms with Gasteiger partial charge in [-0.15, -0.1) is 0 Å². The lowest BCUT2D eigenvalue weighted by Crippen LogP contribution is -2.25. The molecule has 0 radical (unpaired) electrons. The molecule has 1 aromatic carbocycles. The first kappa shape index (κ1) is 11.8. The second-order valence-corrected chi connectivity index (χ2v) is 5.35. The highest BCUT2D eigenvalue weighted by Crippen LogP contribution is 2.27. The Labute approximate surface area is 111 Å². The van der Waals surface area contributed by atoms with Crippen LogP contribution < -0.4 is 5.73 Å². The Morgan fingerprint density at radius 2 is 2.28 bits per heavy atom. The third-order valence-corrected chi connectivity index (χ3v) is 3.90. The van der Waals surface area contributed by atoms with Crippen molar-refractivity contribution in [1.29, 1.82) is 0 Å². The Bertz CT molecular complexity index is 574. The van der Waals surface area contributed by atoms with Crippen LogP contribution in [0.25, 0.3) is 11.0 Å². The van der Waals surface area contributed by atoms with Crippen molar-refractivity contribution < 1.29 is 0 Å². The monoisotopic (exact) mass is 264 g/mol. The molecular weight excluding hydrogens is 248 g/mol. The fourth-order valence-electron chi connectivity index (χ4n) is 2.34. The van der Waals surface area contributed by atoms with Crippen molar-refractivity contribution in [2.24, 2.45) is 0 Å². The van der Waals surface area contributed by atoms with Gasteiger partial charge in [0.25, 0.3) is 0 Å². The van der Waals surface area contributed by atoms with Crippen molar-refractivity contribution in [3.63, 3.8) is 0 Å². The minimum atomic E-state index is 0.544. The highest BCUT2D eigenvalue weighted by Gasteiger charge is 2.25. The van der Waals surface area contributed by atoms with Crippen LogP contribution in [0.4, 0.5) is 5.95 Å². The Morgan fingerprint density at radius 1 is 1.50 bits per heavy atom. The van der Waals surface area contributed by atoms with Gasteiger partial charge in [0.1, 0.15) is 0 Å². The SMILES string of the molecule is CN(CCn1c(N)nc2cccc(Cl)c21)C1CC1. The summed E-state index contributed by atoms with van der Waals surface area (Å²) in [5.74, 6) is 0.544. The number of benzene rings is 1. The molecule has 1 aliphatic rings. The maximum Gasteiger partial charge on any atom is 0.201 e. The van der Waals surface area contributed by atoms with Crippen LogP contribution in [0, 0.1) is 0 Å². The van der Waals surface area contributed by atoms with Crippen LogP contribution in [0.3, 0.4) is 0 Å². The number of nitrogens with two attached hydrogens (primary N) is 1. The summed E-state index contributed by atoms with van der Waals surface area (Å²) in [5, 5.41) is 0.714. The van der Waals surface area contributed by atoms with Gasteiger partial charge in [-0.2, -0.15) is 0 Å². The maximum absolute atomic E-state index is 6.24. The minimum absolute atomic E-state index is 0.544. The summed E-state index contributed by atoms with van der Waals surface area (Å²) < 4.78 is 2.01. The molecule has 2 aromatic rings. The molecule has 1 aliphatic carbocycles. The van der Waals surface area contributed by atoms with Crippen LogP contribution in [0.2, 0.25) is 5.02 Å². The van der Waals surface area contributed by atoms with E-state index in [0.717, 1.165) is 30.2 Å². The van der Waals surface area contributed by atoms with E-state index in [1.807, 2.05) is 22.8 Å². The molecule has 2 N–H and O–H groups in total. The summed E-state index contributed by atoms with van der Waals surface area (Å²) in [6.07, 6.45) is 2.63. The molecule has 0 spiro atoms. The zero-order chi connectivity index (χ0) is 12.7. The molecule has 5 heteroatoms. The van der Waals surface area contributed by atoms with Gasteiger partial charge in [0.05, 0.1) is 16.1 Å². The number of rotatable bonds is 4. The lowest BCUT2D eigenvalue weighted by atomic mass is 10.3. The molecule has 3 rings (SSSR count). The van der Waals surface area contributed by atoms with E-state index in [4.69, 9.17) is 17.3 Å². The molecular formula is C13H17ClN4. The molecule has 4 nitrogen and oxygen atoms in total. The summed E-state index contributed by atoms with van der Waals surface area (Å²) in [6.45, 7) is 1.81. The van der Waals surface area contributed by atoms with Gasteiger partial charge in [0, 0.05) is 19.1 Å². The summed E-state index contributed by atoms with van der Waals surface area (Å²) in [6, 6.07) is 6.49. The lowest BCUT2D eigenvalue weighted by molar-refractivity contribution is 0.311. The first-order chi connectivity index (χ1) is 8.66. The number of hydrogen-bond donors (Lipinski definition) is 1. The number of halogens is 1. The number of nitrogen functional groups attached to an aromatic ring is 1. The molecule has 0 saturated heterocycles. The van der Waals surface area contributed by atoms with Gasteiger partial charge in [0.15, 0.2) is 0 Å². The zero-order valence-electron chi connectivity index (χ0n) is 10.4. The van der Waals surface area contributed by atoms with Crippen LogP contribution in [0.15, 0.2) is 18.2 Å². The first-order valence-electron chi connectivity index (χ1n) is 6.27. The van der Waals surface area contributed by atoms with E-state index >= 15 is 0 Å². The van der Waals surface area contributed by atoms with Crippen molar-refractivity contribution in [1.82, 2.24) is 14.5 Å². The number of anilines is 1. The Balaban J connectivity index is 1.88. The number of nitrogens with zero attached hydrogens (tertiary/aromatic N) is 3. The summed E-state index contributed by atoms with van der Waals surface area (Å²) in [7, 11) is 2.16. The van der Waals surface area contributed by atoms with E-state index in [9.17, 15) is 0 Å². The molecule has 0 atom stereocenters. The molecule has 0 bridgehead atoms. The number of para-hydroxylation sites is 1. The second kappa shape index (κ2) is 4.44. The van der Waals surface area contributed by atoms with Crippen LogP contribution in [-0.2, 0) is 6.54 Å². The topological polar surface area (TPSA) is 47.1 Å². The van der Waals surface area contributed by atoms with Crippen molar-refractivity contribution in [2.75, 3.05) is 19.3 Å². The number of aromatic nitrogens is 2. The molecule has 0 amide bonds. The van der Waals surface area contributed by atoms with E-state index in [1.54, 1.807) is 0 Å². The fourth-order valence-corrected chi connectivity index (χ4v) is 2.61. The Hall–Kier alpha value is -1.26. The molecule has 1 saturated carbocycles. The Kier molecular flexibility index (Phi) is 2.92. The van der Waals surface area contributed by atoms with Gasteiger partial charge in [-0.1, -0.05) is 17.7 Å². The minimum Gasteiger partial charge on any atom is -0.369 e. The summed E-state index contributed by atoms with van der Waals surface area (Å²) in [5.41, 5.74) is 7.79. The molecule has 1 fully saturated rings. The predicted octanol–water partition coefficient (Wildman–Crippen LogP) is 2.37. The zero-order valence-corrected chi connectivity index (χ0v) is 11.2. The van der Waals surface area contributed by atoms with Gasteiger partial charge < -0.3 is 15.2 Å². The van der Waals surface area contributed by atoms with E-state index in [0.29, 0.717) is 11.0 Å². The van der Waals surface area contributed by atoms with Crippen LogP contribution in [0.5, 0.6) is 0 Å². The van der Waals surface area contributed by atoms with E-state index in [-0.39, 0.29) is 0 Å². The highest BCUT2D eigenvalue weighted by molar-refractivity contribution is 6.35. The number of fused-ring (bicyclic) bond motifs is 1. The molecule has 96 valence electrons.